The van der Waals surface area contributed by atoms with Crippen molar-refractivity contribution in [3.63, 3.8) is 0 Å². The second-order valence-electron chi connectivity index (χ2n) is 9.70. The number of thiophene rings is 1. The van der Waals surface area contributed by atoms with Gasteiger partial charge < -0.3 is 4.90 Å². The third-order valence-corrected chi connectivity index (χ3v) is 8.24. The average Bonchev–Trinajstić information content (AvgIpc) is 3.63. The number of aryl methyl sites for hydroxylation is 1. The molecule has 1 aliphatic heterocycles. The molecule has 0 aliphatic carbocycles. The van der Waals surface area contributed by atoms with Gasteiger partial charge in [0.2, 0.25) is 5.95 Å². The van der Waals surface area contributed by atoms with Gasteiger partial charge in [0.05, 0.1) is 5.69 Å². The van der Waals surface area contributed by atoms with E-state index in [1.807, 2.05) is 72.8 Å². The Labute approximate surface area is 223 Å². The number of rotatable bonds is 4. The molecule has 6 nitrogen and oxygen atoms in total. The summed E-state index contributed by atoms with van der Waals surface area (Å²) in [5, 5.41) is 10.2. The van der Waals surface area contributed by atoms with E-state index in [0.29, 0.717) is 16.2 Å². The topological polar surface area (TPSA) is 63.9 Å². The molecule has 0 saturated carbocycles. The summed E-state index contributed by atoms with van der Waals surface area (Å²) in [5.74, 6) is 0.695. The van der Waals surface area contributed by atoms with Crippen molar-refractivity contribution in [2.24, 2.45) is 0 Å². The number of hydrogen-bond acceptors (Lipinski definition) is 6. The summed E-state index contributed by atoms with van der Waals surface area (Å²) in [6.07, 6.45) is 2.18. The molecule has 1 fully saturated rings. The van der Waals surface area contributed by atoms with Crippen LogP contribution in [-0.2, 0) is 0 Å². The first-order valence-corrected chi connectivity index (χ1v) is 13.7. The Bertz CT molecular complexity index is 1840. The zero-order valence-corrected chi connectivity index (χ0v) is 21.8. The second kappa shape index (κ2) is 9.19. The van der Waals surface area contributed by atoms with Crippen LogP contribution in [0.25, 0.3) is 48.5 Å². The van der Waals surface area contributed by atoms with E-state index in [1.165, 1.54) is 11.3 Å². The molecule has 3 aromatic heterocycles. The summed E-state index contributed by atoms with van der Waals surface area (Å²) >= 11 is 1.38. The van der Waals surface area contributed by atoms with E-state index in [1.54, 1.807) is 4.57 Å². The van der Waals surface area contributed by atoms with E-state index < -0.39 is 0 Å². The number of fused-ring (bicyclic) bond motifs is 3. The Balaban J connectivity index is 1.60. The molecular formula is C31H25N5OS. The first kappa shape index (κ1) is 22.8. The quantitative estimate of drug-likeness (QED) is 0.264. The fourth-order valence-corrected chi connectivity index (χ4v) is 6.30. The number of aromatic nitrogens is 4. The first-order valence-electron chi connectivity index (χ1n) is 12.9. The van der Waals surface area contributed by atoms with Crippen LogP contribution >= 0.6 is 11.3 Å². The summed E-state index contributed by atoms with van der Waals surface area (Å²) in [7, 11) is 0. The molecular weight excluding hydrogens is 490 g/mol. The normalized spacial score (nSPS) is 13.6. The van der Waals surface area contributed by atoms with Gasteiger partial charge in [0, 0.05) is 29.6 Å². The summed E-state index contributed by atoms with van der Waals surface area (Å²) < 4.78 is 2.37. The predicted molar refractivity (Wildman–Crippen MR) is 155 cm³/mol. The van der Waals surface area contributed by atoms with Crippen LogP contribution < -0.4 is 10.5 Å². The second-order valence-corrected chi connectivity index (χ2v) is 10.7. The van der Waals surface area contributed by atoms with E-state index in [9.17, 15) is 4.79 Å². The summed E-state index contributed by atoms with van der Waals surface area (Å²) in [6.45, 7) is 3.81. The molecule has 0 unspecified atom stereocenters. The van der Waals surface area contributed by atoms with Crippen LogP contribution in [0.1, 0.15) is 18.4 Å². The van der Waals surface area contributed by atoms with Gasteiger partial charge in [-0.2, -0.15) is 0 Å². The van der Waals surface area contributed by atoms with Crippen LogP contribution in [0.3, 0.4) is 0 Å². The smallest absolute Gasteiger partial charge is 0.277 e. The van der Waals surface area contributed by atoms with Gasteiger partial charge in [-0.1, -0.05) is 78.4 Å². The van der Waals surface area contributed by atoms with Crippen LogP contribution in [0.2, 0.25) is 0 Å². The Morgan fingerprint density at radius 1 is 0.789 bits per heavy atom. The molecule has 1 saturated heterocycles. The molecule has 0 N–H and O–H groups in total. The summed E-state index contributed by atoms with van der Waals surface area (Å²) in [4.78, 5) is 22.4. The fourth-order valence-electron chi connectivity index (χ4n) is 5.30. The molecule has 186 valence electrons. The van der Waals surface area contributed by atoms with Crippen molar-refractivity contribution in [3.8, 4) is 28.1 Å². The predicted octanol–water partition coefficient (Wildman–Crippen LogP) is 6.63. The van der Waals surface area contributed by atoms with Gasteiger partial charge in [-0.15, -0.1) is 21.5 Å². The summed E-state index contributed by atoms with van der Waals surface area (Å²) in [6, 6.07) is 28.4. The minimum absolute atomic E-state index is 0.0657. The van der Waals surface area contributed by atoms with Crippen molar-refractivity contribution in [1.82, 2.24) is 19.7 Å². The molecule has 3 aromatic carbocycles. The van der Waals surface area contributed by atoms with Crippen molar-refractivity contribution in [2.45, 2.75) is 19.8 Å². The minimum atomic E-state index is -0.0657. The van der Waals surface area contributed by atoms with E-state index in [0.717, 1.165) is 69.8 Å². The number of benzene rings is 3. The van der Waals surface area contributed by atoms with Crippen molar-refractivity contribution in [1.29, 1.82) is 0 Å². The van der Waals surface area contributed by atoms with Crippen LogP contribution in [-0.4, -0.2) is 32.8 Å². The van der Waals surface area contributed by atoms with Crippen molar-refractivity contribution in [3.05, 3.63) is 101 Å². The third-order valence-electron chi connectivity index (χ3n) is 7.19. The number of hydrogen-bond donors (Lipinski definition) is 0. The molecule has 0 atom stereocenters. The van der Waals surface area contributed by atoms with Gasteiger partial charge in [0.15, 0.2) is 0 Å². The van der Waals surface area contributed by atoms with Crippen molar-refractivity contribution >= 4 is 37.7 Å². The van der Waals surface area contributed by atoms with Crippen LogP contribution in [0, 0.1) is 6.92 Å². The van der Waals surface area contributed by atoms with Gasteiger partial charge in [-0.05, 0) is 37.5 Å². The van der Waals surface area contributed by atoms with Crippen molar-refractivity contribution < 1.29 is 0 Å². The number of nitrogens with zero attached hydrogens (tertiary/aromatic N) is 5. The van der Waals surface area contributed by atoms with Gasteiger partial charge in [-0.25, -0.2) is 9.55 Å². The zero-order valence-electron chi connectivity index (χ0n) is 21.0. The Hall–Kier alpha value is -4.36. The first-order chi connectivity index (χ1) is 18.7. The highest BCUT2D eigenvalue weighted by Crippen LogP contribution is 2.42. The molecule has 0 radical (unpaired) electrons. The highest BCUT2D eigenvalue weighted by Gasteiger charge is 2.26. The van der Waals surface area contributed by atoms with Gasteiger partial charge >= 0.3 is 0 Å². The molecule has 0 spiro atoms. The monoisotopic (exact) mass is 515 g/mol. The highest BCUT2D eigenvalue weighted by atomic mass is 32.1. The van der Waals surface area contributed by atoms with E-state index in [-0.39, 0.29) is 5.56 Å². The molecule has 4 heterocycles. The van der Waals surface area contributed by atoms with Gasteiger partial charge in [0.1, 0.15) is 20.7 Å². The zero-order chi connectivity index (χ0) is 25.6. The molecule has 6 aromatic rings. The molecule has 0 amide bonds. The molecule has 7 heteroatoms. The van der Waals surface area contributed by atoms with E-state index in [4.69, 9.17) is 4.98 Å². The Morgan fingerprint density at radius 2 is 1.45 bits per heavy atom. The van der Waals surface area contributed by atoms with Crippen LogP contribution in [0.15, 0.2) is 89.7 Å². The van der Waals surface area contributed by atoms with Gasteiger partial charge in [0.25, 0.3) is 5.56 Å². The minimum Gasteiger partial charge on any atom is -0.342 e. The van der Waals surface area contributed by atoms with Crippen molar-refractivity contribution in [2.75, 3.05) is 18.0 Å². The molecule has 38 heavy (non-hydrogen) atoms. The lowest BCUT2D eigenvalue weighted by Gasteiger charge is -2.21. The largest absolute Gasteiger partial charge is 0.342 e. The fraction of sp³-hybridized carbons (Fsp3) is 0.161. The SMILES string of the molecule is Cc1ccc(-n2c(N3CCCC3)nc3c(sc4nnc(-c5ccccc5)c(-c5ccccc5)c43)c2=O)cc1. The van der Waals surface area contributed by atoms with Gasteiger partial charge in [-0.3, -0.25) is 4.79 Å². The lowest BCUT2D eigenvalue weighted by molar-refractivity contribution is 0.842. The highest BCUT2D eigenvalue weighted by molar-refractivity contribution is 7.25. The molecule has 0 bridgehead atoms. The maximum Gasteiger partial charge on any atom is 0.277 e. The maximum atomic E-state index is 14.2. The molecule has 7 rings (SSSR count). The standard InChI is InChI=1S/C31H25N5OS/c1-20-14-16-23(17-15-20)36-30(37)28-27(32-31(36)35-18-8-9-19-35)25-24(21-10-4-2-5-11-21)26(33-34-29(25)38-28)22-12-6-3-7-13-22/h2-7,10-17H,8-9,18-19H2,1H3. The lowest BCUT2D eigenvalue weighted by Crippen LogP contribution is -2.30. The number of anilines is 1. The average molecular weight is 516 g/mol. The molecule has 1 aliphatic rings. The van der Waals surface area contributed by atoms with E-state index >= 15 is 0 Å². The van der Waals surface area contributed by atoms with Crippen LogP contribution in [0.5, 0.6) is 0 Å². The third kappa shape index (κ3) is 3.70. The summed E-state index contributed by atoms with van der Waals surface area (Å²) in [5.41, 5.74) is 6.36. The lowest BCUT2D eigenvalue weighted by atomic mass is 9.97. The van der Waals surface area contributed by atoms with E-state index in [2.05, 4.69) is 34.2 Å². The Morgan fingerprint density at radius 3 is 2.13 bits per heavy atom. The maximum absolute atomic E-state index is 14.2. The Kier molecular flexibility index (Phi) is 5.51. The van der Waals surface area contributed by atoms with Crippen LogP contribution in [0.4, 0.5) is 5.95 Å².